The lowest BCUT2D eigenvalue weighted by molar-refractivity contribution is -0.0111. The van der Waals surface area contributed by atoms with E-state index in [1.165, 1.54) is 0 Å². The van der Waals surface area contributed by atoms with E-state index in [2.05, 4.69) is 20.8 Å². The van der Waals surface area contributed by atoms with Crippen molar-refractivity contribution in [1.82, 2.24) is 0 Å². The molecule has 0 saturated heterocycles. The highest BCUT2D eigenvalue weighted by atomic mass is 16.3. The zero-order valence-corrected chi connectivity index (χ0v) is 9.51. The summed E-state index contributed by atoms with van der Waals surface area (Å²) in [5.41, 5.74) is 5.04. The third kappa shape index (κ3) is 4.63. The largest absolute Gasteiger partial charge is 0.390 e. The molecular weight excluding hydrogens is 162 g/mol. The quantitative estimate of drug-likeness (QED) is 0.669. The van der Waals surface area contributed by atoms with Crippen molar-refractivity contribution in [2.75, 3.05) is 6.54 Å². The maximum atomic E-state index is 10.1. The number of hydrogen-bond acceptors (Lipinski definition) is 2. The van der Waals surface area contributed by atoms with Crippen LogP contribution in [0.3, 0.4) is 0 Å². The Labute approximate surface area is 82.5 Å². The van der Waals surface area contributed by atoms with Gasteiger partial charge in [-0.1, -0.05) is 20.8 Å². The number of aliphatic hydroxyl groups is 1. The summed E-state index contributed by atoms with van der Waals surface area (Å²) >= 11 is 0. The van der Waals surface area contributed by atoms with Crippen LogP contribution in [0.15, 0.2) is 0 Å². The van der Waals surface area contributed by atoms with Crippen LogP contribution in [0.4, 0.5) is 0 Å². The van der Waals surface area contributed by atoms with Gasteiger partial charge in [0.2, 0.25) is 0 Å². The first-order valence-corrected chi connectivity index (χ1v) is 5.36. The lowest BCUT2D eigenvalue weighted by Gasteiger charge is -2.32. The van der Waals surface area contributed by atoms with Crippen molar-refractivity contribution in [2.45, 2.75) is 52.6 Å². The third-order valence-corrected chi connectivity index (χ3v) is 2.88. The molecule has 2 nitrogen and oxygen atoms in total. The highest BCUT2D eigenvalue weighted by Gasteiger charge is 2.28. The standard InChI is InChI=1S/C11H25NO/c1-5-10(8-12)11(4,13)7-6-9(2)3/h9-10,13H,5-8,12H2,1-4H3. The van der Waals surface area contributed by atoms with E-state index < -0.39 is 5.60 Å². The van der Waals surface area contributed by atoms with Gasteiger partial charge in [-0.05, 0) is 44.6 Å². The molecule has 2 atom stereocenters. The van der Waals surface area contributed by atoms with E-state index in [0.29, 0.717) is 12.5 Å². The van der Waals surface area contributed by atoms with Gasteiger partial charge in [0.05, 0.1) is 5.60 Å². The molecule has 0 amide bonds. The van der Waals surface area contributed by atoms with Crippen LogP contribution in [0.1, 0.15) is 47.0 Å². The molecule has 0 heterocycles. The van der Waals surface area contributed by atoms with Crippen LogP contribution in [0.25, 0.3) is 0 Å². The summed E-state index contributed by atoms with van der Waals surface area (Å²) in [6.07, 6.45) is 2.89. The average molecular weight is 187 g/mol. The molecule has 0 bridgehead atoms. The summed E-state index contributed by atoms with van der Waals surface area (Å²) in [5.74, 6) is 0.896. The Kier molecular flexibility index (Phi) is 5.57. The molecule has 0 saturated carbocycles. The van der Waals surface area contributed by atoms with Crippen LogP contribution < -0.4 is 5.73 Å². The molecule has 80 valence electrons. The monoisotopic (exact) mass is 187 g/mol. The summed E-state index contributed by atoms with van der Waals surface area (Å²) in [4.78, 5) is 0. The van der Waals surface area contributed by atoms with E-state index in [9.17, 15) is 5.11 Å². The summed E-state index contributed by atoms with van der Waals surface area (Å²) in [6, 6.07) is 0. The lowest BCUT2D eigenvalue weighted by Crippen LogP contribution is -2.39. The van der Waals surface area contributed by atoms with Crippen molar-refractivity contribution in [2.24, 2.45) is 17.6 Å². The molecule has 0 aliphatic heterocycles. The highest BCUT2D eigenvalue weighted by molar-refractivity contribution is 4.82. The van der Waals surface area contributed by atoms with Gasteiger partial charge in [0.15, 0.2) is 0 Å². The molecule has 0 aliphatic carbocycles. The fraction of sp³-hybridized carbons (Fsp3) is 1.00. The smallest absolute Gasteiger partial charge is 0.0659 e. The Morgan fingerprint density at radius 2 is 1.92 bits per heavy atom. The second kappa shape index (κ2) is 5.61. The first-order valence-electron chi connectivity index (χ1n) is 5.36. The van der Waals surface area contributed by atoms with Gasteiger partial charge in [0.1, 0.15) is 0 Å². The molecule has 0 aromatic rings. The SMILES string of the molecule is CCC(CN)C(C)(O)CCC(C)C. The van der Waals surface area contributed by atoms with Gasteiger partial charge in [-0.3, -0.25) is 0 Å². The summed E-state index contributed by atoms with van der Waals surface area (Å²) in [7, 11) is 0. The Balaban J connectivity index is 4.03. The van der Waals surface area contributed by atoms with Crippen molar-refractivity contribution < 1.29 is 5.11 Å². The molecule has 0 aliphatic rings. The van der Waals surface area contributed by atoms with Gasteiger partial charge in [-0.25, -0.2) is 0 Å². The van der Waals surface area contributed by atoms with Gasteiger partial charge in [0.25, 0.3) is 0 Å². The van der Waals surface area contributed by atoms with E-state index in [0.717, 1.165) is 19.3 Å². The van der Waals surface area contributed by atoms with Gasteiger partial charge in [-0.15, -0.1) is 0 Å². The summed E-state index contributed by atoms with van der Waals surface area (Å²) in [6.45, 7) is 8.94. The molecule has 3 N–H and O–H groups in total. The van der Waals surface area contributed by atoms with Gasteiger partial charge in [-0.2, -0.15) is 0 Å². The third-order valence-electron chi connectivity index (χ3n) is 2.88. The molecule has 0 rings (SSSR count). The number of rotatable bonds is 6. The Hall–Kier alpha value is -0.0800. The minimum Gasteiger partial charge on any atom is -0.390 e. The fourth-order valence-corrected chi connectivity index (χ4v) is 1.65. The maximum Gasteiger partial charge on any atom is 0.0659 e. The zero-order valence-electron chi connectivity index (χ0n) is 9.51. The fourth-order valence-electron chi connectivity index (χ4n) is 1.65. The van der Waals surface area contributed by atoms with Gasteiger partial charge in [0, 0.05) is 0 Å². The van der Waals surface area contributed by atoms with E-state index in [1.54, 1.807) is 0 Å². The van der Waals surface area contributed by atoms with E-state index in [4.69, 9.17) is 5.73 Å². The van der Waals surface area contributed by atoms with E-state index in [-0.39, 0.29) is 5.92 Å². The Morgan fingerprint density at radius 3 is 2.23 bits per heavy atom. The Bertz CT molecular complexity index is 128. The topological polar surface area (TPSA) is 46.2 Å². The molecule has 2 heteroatoms. The zero-order chi connectivity index (χ0) is 10.5. The van der Waals surface area contributed by atoms with Crippen molar-refractivity contribution in [3.05, 3.63) is 0 Å². The van der Waals surface area contributed by atoms with Crippen LogP contribution >= 0.6 is 0 Å². The summed E-state index contributed by atoms with van der Waals surface area (Å²) < 4.78 is 0. The minimum atomic E-state index is -0.576. The van der Waals surface area contributed by atoms with Crippen LogP contribution in [0.5, 0.6) is 0 Å². The van der Waals surface area contributed by atoms with E-state index in [1.807, 2.05) is 6.92 Å². The predicted molar refractivity (Wildman–Crippen MR) is 57.5 cm³/mol. The molecule has 0 spiro atoms. The Morgan fingerprint density at radius 1 is 1.38 bits per heavy atom. The molecule has 0 aromatic carbocycles. The normalized spacial score (nSPS) is 18.7. The van der Waals surface area contributed by atoms with E-state index >= 15 is 0 Å². The summed E-state index contributed by atoms with van der Waals surface area (Å²) in [5, 5.41) is 10.1. The molecule has 0 aromatic heterocycles. The molecule has 2 unspecified atom stereocenters. The van der Waals surface area contributed by atoms with Gasteiger partial charge < -0.3 is 10.8 Å². The van der Waals surface area contributed by atoms with Crippen LogP contribution in [-0.2, 0) is 0 Å². The first kappa shape index (κ1) is 12.9. The predicted octanol–water partition coefficient (Wildman–Crippen LogP) is 2.16. The second-order valence-electron chi connectivity index (χ2n) is 4.63. The van der Waals surface area contributed by atoms with Crippen LogP contribution in [0, 0.1) is 11.8 Å². The number of nitrogens with two attached hydrogens (primary N) is 1. The van der Waals surface area contributed by atoms with Crippen molar-refractivity contribution in [3.8, 4) is 0 Å². The van der Waals surface area contributed by atoms with Crippen molar-refractivity contribution >= 4 is 0 Å². The van der Waals surface area contributed by atoms with Crippen LogP contribution in [-0.4, -0.2) is 17.3 Å². The second-order valence-corrected chi connectivity index (χ2v) is 4.63. The number of hydrogen-bond donors (Lipinski definition) is 2. The minimum absolute atomic E-state index is 0.242. The van der Waals surface area contributed by atoms with Gasteiger partial charge >= 0.3 is 0 Å². The maximum absolute atomic E-state index is 10.1. The highest BCUT2D eigenvalue weighted by Crippen LogP contribution is 2.26. The molecule has 13 heavy (non-hydrogen) atoms. The average Bonchev–Trinajstić information content (AvgIpc) is 2.03. The first-order chi connectivity index (χ1) is 5.94. The molecule has 0 fully saturated rings. The van der Waals surface area contributed by atoms with Crippen molar-refractivity contribution in [1.29, 1.82) is 0 Å². The van der Waals surface area contributed by atoms with Crippen LogP contribution in [0.2, 0.25) is 0 Å². The van der Waals surface area contributed by atoms with Crippen molar-refractivity contribution in [3.63, 3.8) is 0 Å². The molecular formula is C11H25NO. The lowest BCUT2D eigenvalue weighted by atomic mass is 9.82. The molecule has 0 radical (unpaired) electrons.